The molecule has 0 aromatic carbocycles. The molecule has 2 heterocycles. The number of aryl methyl sites for hydroxylation is 2. The van der Waals surface area contributed by atoms with E-state index >= 15 is 0 Å². The highest BCUT2D eigenvalue weighted by atomic mass is 15.1. The number of hydrogen-bond donors (Lipinski definition) is 1. The van der Waals surface area contributed by atoms with Gasteiger partial charge in [0, 0.05) is 45.3 Å². The molecule has 2 aromatic rings. The van der Waals surface area contributed by atoms with Crippen LogP contribution in [-0.2, 0) is 20.5 Å². The predicted octanol–water partition coefficient (Wildman–Crippen LogP) is 0.396. The second kappa shape index (κ2) is 3.86. The van der Waals surface area contributed by atoms with Gasteiger partial charge in [0.2, 0.25) is 0 Å². The quantitative estimate of drug-likeness (QED) is 0.788. The standard InChI is InChI=1S/C10H15N5/c1-14-5-3-12-9(14)7-8(11)10-13-4-6-15(10)2/h3-6,8H,7,11H2,1-2H3. The average Bonchev–Trinajstić information content (AvgIpc) is 2.76. The van der Waals surface area contributed by atoms with Crippen molar-refractivity contribution in [2.75, 3.05) is 0 Å². The fourth-order valence-corrected chi connectivity index (χ4v) is 1.62. The highest BCUT2D eigenvalue weighted by Crippen LogP contribution is 2.11. The zero-order valence-corrected chi connectivity index (χ0v) is 8.96. The topological polar surface area (TPSA) is 61.7 Å². The summed E-state index contributed by atoms with van der Waals surface area (Å²) in [7, 11) is 3.91. The van der Waals surface area contributed by atoms with Crippen molar-refractivity contribution in [2.45, 2.75) is 12.5 Å². The summed E-state index contributed by atoms with van der Waals surface area (Å²) in [6.07, 6.45) is 8.05. The van der Waals surface area contributed by atoms with Gasteiger partial charge in [-0.2, -0.15) is 0 Å². The first-order valence-electron chi connectivity index (χ1n) is 4.87. The molecular formula is C10H15N5. The monoisotopic (exact) mass is 205 g/mol. The Balaban J connectivity index is 2.14. The molecule has 0 saturated heterocycles. The molecule has 0 aliphatic carbocycles. The lowest BCUT2D eigenvalue weighted by atomic mass is 10.2. The summed E-state index contributed by atoms with van der Waals surface area (Å²) < 4.78 is 3.91. The van der Waals surface area contributed by atoms with Crippen LogP contribution in [0.15, 0.2) is 24.8 Å². The molecule has 0 aliphatic heterocycles. The van der Waals surface area contributed by atoms with E-state index in [0.717, 1.165) is 11.6 Å². The smallest absolute Gasteiger partial charge is 0.125 e. The Kier molecular flexibility index (Phi) is 2.55. The predicted molar refractivity (Wildman–Crippen MR) is 57.0 cm³/mol. The van der Waals surface area contributed by atoms with E-state index in [1.165, 1.54) is 0 Å². The van der Waals surface area contributed by atoms with E-state index in [-0.39, 0.29) is 6.04 Å². The van der Waals surface area contributed by atoms with Gasteiger partial charge in [-0.3, -0.25) is 0 Å². The minimum atomic E-state index is -0.105. The Labute approximate surface area is 88.6 Å². The van der Waals surface area contributed by atoms with Crippen molar-refractivity contribution in [2.24, 2.45) is 19.8 Å². The summed E-state index contributed by atoms with van der Waals surface area (Å²) in [5, 5.41) is 0. The van der Waals surface area contributed by atoms with Crippen molar-refractivity contribution in [3.63, 3.8) is 0 Å². The zero-order valence-electron chi connectivity index (χ0n) is 8.96. The SMILES string of the molecule is Cn1ccnc1CC(N)c1nccn1C. The molecule has 0 fully saturated rings. The van der Waals surface area contributed by atoms with Gasteiger partial charge in [-0.1, -0.05) is 0 Å². The molecule has 1 unspecified atom stereocenters. The Morgan fingerprint density at radius 1 is 1.20 bits per heavy atom. The van der Waals surface area contributed by atoms with Crippen molar-refractivity contribution in [1.29, 1.82) is 0 Å². The largest absolute Gasteiger partial charge is 0.338 e. The van der Waals surface area contributed by atoms with Crippen molar-refractivity contribution < 1.29 is 0 Å². The molecule has 0 radical (unpaired) electrons. The zero-order chi connectivity index (χ0) is 10.8. The minimum absolute atomic E-state index is 0.105. The molecule has 1 atom stereocenters. The molecule has 0 saturated carbocycles. The maximum atomic E-state index is 6.06. The molecule has 0 amide bonds. The van der Waals surface area contributed by atoms with E-state index < -0.39 is 0 Å². The summed E-state index contributed by atoms with van der Waals surface area (Å²) in [6.45, 7) is 0. The Morgan fingerprint density at radius 3 is 2.40 bits per heavy atom. The molecule has 2 aromatic heterocycles. The van der Waals surface area contributed by atoms with E-state index in [4.69, 9.17) is 5.73 Å². The second-order valence-corrected chi connectivity index (χ2v) is 3.66. The maximum Gasteiger partial charge on any atom is 0.125 e. The minimum Gasteiger partial charge on any atom is -0.338 e. The summed E-state index contributed by atoms with van der Waals surface area (Å²) in [5.41, 5.74) is 6.06. The number of nitrogens with two attached hydrogens (primary N) is 1. The van der Waals surface area contributed by atoms with Gasteiger partial charge in [0.1, 0.15) is 11.6 Å². The average molecular weight is 205 g/mol. The summed E-state index contributed by atoms with van der Waals surface area (Å²) >= 11 is 0. The van der Waals surface area contributed by atoms with Gasteiger partial charge in [-0.25, -0.2) is 9.97 Å². The number of hydrogen-bond acceptors (Lipinski definition) is 3. The highest BCUT2D eigenvalue weighted by Gasteiger charge is 2.13. The van der Waals surface area contributed by atoms with Crippen LogP contribution in [0.5, 0.6) is 0 Å². The highest BCUT2D eigenvalue weighted by molar-refractivity contribution is 5.03. The summed E-state index contributed by atoms with van der Waals surface area (Å²) in [5.74, 6) is 1.86. The second-order valence-electron chi connectivity index (χ2n) is 3.66. The van der Waals surface area contributed by atoms with Crippen LogP contribution in [0.25, 0.3) is 0 Å². The van der Waals surface area contributed by atoms with Gasteiger partial charge in [-0.15, -0.1) is 0 Å². The van der Waals surface area contributed by atoms with Crippen molar-refractivity contribution in [1.82, 2.24) is 19.1 Å². The van der Waals surface area contributed by atoms with Crippen LogP contribution in [0.3, 0.4) is 0 Å². The van der Waals surface area contributed by atoms with Crippen molar-refractivity contribution in [3.05, 3.63) is 36.4 Å². The van der Waals surface area contributed by atoms with Gasteiger partial charge in [-0.05, 0) is 0 Å². The Bertz CT molecular complexity index is 442. The van der Waals surface area contributed by atoms with Crippen LogP contribution in [0.2, 0.25) is 0 Å². The molecule has 15 heavy (non-hydrogen) atoms. The number of rotatable bonds is 3. The van der Waals surface area contributed by atoms with E-state index in [1.54, 1.807) is 12.4 Å². The third-order valence-electron chi connectivity index (χ3n) is 2.51. The first kappa shape index (κ1) is 9.92. The van der Waals surface area contributed by atoms with Gasteiger partial charge >= 0.3 is 0 Å². The maximum absolute atomic E-state index is 6.06. The van der Waals surface area contributed by atoms with Gasteiger partial charge in [0.05, 0.1) is 6.04 Å². The van der Waals surface area contributed by atoms with Gasteiger partial charge in [0.25, 0.3) is 0 Å². The normalized spacial score (nSPS) is 13.0. The van der Waals surface area contributed by atoms with E-state index in [0.29, 0.717) is 6.42 Å². The molecule has 5 nitrogen and oxygen atoms in total. The first-order chi connectivity index (χ1) is 7.18. The molecule has 5 heteroatoms. The Morgan fingerprint density at radius 2 is 1.87 bits per heavy atom. The lowest BCUT2D eigenvalue weighted by molar-refractivity contribution is 0.600. The van der Waals surface area contributed by atoms with Crippen LogP contribution < -0.4 is 5.73 Å². The fourth-order valence-electron chi connectivity index (χ4n) is 1.62. The lowest BCUT2D eigenvalue weighted by Crippen LogP contribution is -2.19. The first-order valence-corrected chi connectivity index (χ1v) is 4.87. The lowest BCUT2D eigenvalue weighted by Gasteiger charge is -2.11. The van der Waals surface area contributed by atoms with Crippen molar-refractivity contribution in [3.8, 4) is 0 Å². The molecular weight excluding hydrogens is 190 g/mol. The van der Waals surface area contributed by atoms with E-state index in [1.807, 2.05) is 35.6 Å². The van der Waals surface area contributed by atoms with Crippen LogP contribution in [-0.4, -0.2) is 19.1 Å². The van der Waals surface area contributed by atoms with Crippen LogP contribution in [0.4, 0.5) is 0 Å². The number of nitrogens with zero attached hydrogens (tertiary/aromatic N) is 4. The fraction of sp³-hybridized carbons (Fsp3) is 0.400. The van der Waals surface area contributed by atoms with Gasteiger partial charge < -0.3 is 14.9 Å². The van der Waals surface area contributed by atoms with Crippen LogP contribution >= 0.6 is 0 Å². The summed E-state index contributed by atoms with van der Waals surface area (Å²) in [4.78, 5) is 8.47. The van der Waals surface area contributed by atoms with Crippen LogP contribution in [0.1, 0.15) is 17.7 Å². The van der Waals surface area contributed by atoms with Crippen molar-refractivity contribution >= 4 is 0 Å². The number of aromatic nitrogens is 4. The molecule has 80 valence electrons. The molecule has 2 N–H and O–H groups in total. The van der Waals surface area contributed by atoms with E-state index in [2.05, 4.69) is 9.97 Å². The third-order valence-corrected chi connectivity index (χ3v) is 2.51. The van der Waals surface area contributed by atoms with E-state index in [9.17, 15) is 0 Å². The number of imidazole rings is 2. The molecule has 0 bridgehead atoms. The molecule has 2 rings (SSSR count). The molecule has 0 aliphatic rings. The third kappa shape index (κ3) is 1.92. The van der Waals surface area contributed by atoms with Crippen LogP contribution in [0, 0.1) is 0 Å². The van der Waals surface area contributed by atoms with Gasteiger partial charge in [0.15, 0.2) is 0 Å². The summed E-state index contributed by atoms with van der Waals surface area (Å²) in [6, 6.07) is -0.105. The molecule has 0 spiro atoms. The Hall–Kier alpha value is -1.62.